The molecule has 4 heterocycles. The van der Waals surface area contributed by atoms with Crippen LogP contribution in [0.5, 0.6) is 0 Å². The van der Waals surface area contributed by atoms with E-state index in [9.17, 15) is 14.7 Å². The van der Waals surface area contributed by atoms with Gasteiger partial charge in [-0.1, -0.05) is 95.3 Å². The minimum Gasteiger partial charge on any atom is -0.469 e. The molecule has 4 aliphatic rings. The van der Waals surface area contributed by atoms with Gasteiger partial charge in [-0.05, 0) is 81.1 Å². The molecule has 0 aromatic heterocycles. The third kappa shape index (κ3) is 14.9. The van der Waals surface area contributed by atoms with E-state index in [1.165, 1.54) is 17.5 Å². The molecule has 2 aromatic carbocycles. The first-order chi connectivity index (χ1) is 31.8. The molecule has 0 radical (unpaired) electrons. The molecule has 0 spiro atoms. The van der Waals surface area contributed by atoms with Gasteiger partial charge in [-0.2, -0.15) is 0 Å². The lowest BCUT2D eigenvalue weighted by Gasteiger charge is -2.47. The number of ether oxygens (including phenoxy) is 6. The summed E-state index contributed by atoms with van der Waals surface area (Å²) in [4.78, 5) is 30.8. The van der Waals surface area contributed by atoms with Crippen LogP contribution in [-0.2, 0) is 42.4 Å². The summed E-state index contributed by atoms with van der Waals surface area (Å²) in [7, 11) is -1.41. The summed E-state index contributed by atoms with van der Waals surface area (Å²) in [6.45, 7) is 35.7. The van der Waals surface area contributed by atoms with E-state index in [0.29, 0.717) is 45.3 Å². The van der Waals surface area contributed by atoms with Crippen LogP contribution in [0.1, 0.15) is 148 Å². The Labute approximate surface area is 410 Å². The average Bonchev–Trinajstić information content (AvgIpc) is 3.88. The van der Waals surface area contributed by atoms with Crippen molar-refractivity contribution in [2.45, 2.75) is 211 Å². The number of carbonyl (C=O) groups is 2. The van der Waals surface area contributed by atoms with Gasteiger partial charge in [0.25, 0.3) is 8.32 Å². The maximum absolute atomic E-state index is 12.3. The van der Waals surface area contributed by atoms with Crippen molar-refractivity contribution in [2.24, 2.45) is 5.41 Å². The van der Waals surface area contributed by atoms with E-state index in [0.717, 1.165) is 44.9 Å². The number of halogens is 1. The van der Waals surface area contributed by atoms with Crippen LogP contribution < -0.4 is 10.4 Å². The van der Waals surface area contributed by atoms with Gasteiger partial charge in [0, 0.05) is 47.4 Å². The van der Waals surface area contributed by atoms with Gasteiger partial charge in [0.2, 0.25) is 12.1 Å². The normalized spacial score (nSPS) is 27.4. The molecule has 14 heteroatoms. The smallest absolute Gasteiger partial charge is 0.311 e. The molecule has 12 nitrogen and oxygen atoms in total. The number of aliphatic hydroxyl groups excluding tert-OH is 1. The quantitative estimate of drug-likeness (QED) is 0.0709. The van der Waals surface area contributed by atoms with Crippen molar-refractivity contribution >= 4 is 30.6 Å². The van der Waals surface area contributed by atoms with Gasteiger partial charge in [-0.15, -0.1) is 0 Å². The molecular formula is C54H85FN2O10Si. The molecule has 68 heavy (non-hydrogen) atoms. The van der Waals surface area contributed by atoms with Crippen LogP contribution in [-0.4, -0.2) is 112 Å². The summed E-state index contributed by atoms with van der Waals surface area (Å²) in [6.07, 6.45) is 8.27. The summed E-state index contributed by atoms with van der Waals surface area (Å²) in [6, 6.07) is 21.3. The van der Waals surface area contributed by atoms with E-state index in [1.807, 2.05) is 48.5 Å². The summed E-state index contributed by atoms with van der Waals surface area (Å²) < 4.78 is 43.5. The fourth-order valence-corrected chi connectivity index (χ4v) is 14.8. The van der Waals surface area contributed by atoms with Gasteiger partial charge in [0.15, 0.2) is 0 Å². The second kappa shape index (κ2) is 26.5. The Hall–Kier alpha value is -3.73. The maximum atomic E-state index is 12.3. The zero-order chi connectivity index (χ0) is 49.5. The molecule has 0 saturated carbocycles. The largest absolute Gasteiger partial charge is 0.469 e. The van der Waals surface area contributed by atoms with Gasteiger partial charge >= 0.3 is 11.9 Å². The first kappa shape index (κ1) is 58.6. The molecule has 4 aliphatic heterocycles. The number of fused-ring (bicyclic) bond motifs is 2. The Morgan fingerprint density at radius 2 is 1.25 bits per heavy atom. The molecule has 0 unspecified atom stereocenters. The predicted octanol–water partition coefficient (Wildman–Crippen LogP) is 9.84. The van der Waals surface area contributed by atoms with Crippen LogP contribution in [0.3, 0.4) is 0 Å². The van der Waals surface area contributed by atoms with Crippen molar-refractivity contribution in [1.82, 2.24) is 0 Å². The fraction of sp³-hybridized carbons (Fsp3) is 0.704. The Morgan fingerprint density at radius 1 is 0.779 bits per heavy atom. The standard InChI is InChI=1S/C36H51NO5Si.C16H25NO5.C2H6.FH.H2/c1-27(37-8)24-28-21-22-32-36(42-28,25-29(41-32)16-15-23-39-33(38)34(2,3)4)26-40-43(35(5,6)7,30-17-11-9-12-18-30)31-19-13-10-14-20-31;1-11(17-2)8-12-4-6-14-16(10-18,22-12)9-13(21-14)5-7-15(19)20-3;1-2;;/h9-14,17-20,27-29,32H,15-16,21-26H2,1-7H3;11-14,18H,4-10H2,1,3H3;1-2H3;2*1H/t27-,28-,29+,32+,36-;11-,12-,13+,14+,16-;;;/m11.../s1/i;;;;1+1. The number of nitrogens with zero attached hydrogens (tertiary/aromatic N) is 2. The predicted molar refractivity (Wildman–Crippen MR) is 269 cm³/mol. The number of hydrogen-bond acceptors (Lipinski definition) is 10. The van der Waals surface area contributed by atoms with Crippen LogP contribution >= 0.6 is 0 Å². The third-order valence-corrected chi connectivity index (χ3v) is 18.6. The number of carbonyl (C=O) groups excluding carboxylic acids is 2. The lowest BCUT2D eigenvalue weighted by Crippen LogP contribution is -2.68. The zero-order valence-electron chi connectivity index (χ0n) is 42.9. The Balaban J connectivity index is 0.000000530. The van der Waals surface area contributed by atoms with Gasteiger partial charge in [-0.3, -0.25) is 14.3 Å². The molecule has 6 rings (SSSR count). The van der Waals surface area contributed by atoms with E-state index < -0.39 is 24.9 Å². The van der Waals surface area contributed by atoms with Crippen molar-refractivity contribution in [3.63, 3.8) is 0 Å². The van der Waals surface area contributed by atoms with Gasteiger partial charge < -0.3 is 47.6 Å². The number of rotatable bonds is 17. The Morgan fingerprint density at radius 3 is 1.71 bits per heavy atom. The van der Waals surface area contributed by atoms with Crippen LogP contribution in [0.15, 0.2) is 60.7 Å². The van der Waals surface area contributed by atoms with E-state index >= 15 is 0 Å². The van der Waals surface area contributed by atoms with Gasteiger partial charge in [0.1, 0.15) is 11.2 Å². The van der Waals surface area contributed by atoms with Gasteiger partial charge in [0.05, 0.1) is 69.0 Å². The van der Waals surface area contributed by atoms with Crippen molar-refractivity contribution in [2.75, 3.05) is 26.9 Å². The highest BCUT2D eigenvalue weighted by Gasteiger charge is 2.58. The molecule has 4 saturated heterocycles. The SMILES string of the molecule is CC.F.[2HH].[C-]#[N+][C@H](C)C[C@H]1CC[C@@H]2O[C@@H](CCC(=O)OC)C[C@]2(CO)O1.[C-]#[N+][C@H](C)C[C@H]1CC[C@@H]2O[C@@H](CCCOC(=O)C(C)(C)C)C[C@]2(CO[Si](c2ccccc2)(c2ccccc2)C(C)(C)C)O1. The van der Waals surface area contributed by atoms with Crippen LogP contribution in [0.25, 0.3) is 9.69 Å². The number of hydrogen-bond donors (Lipinski definition) is 1. The lowest BCUT2D eigenvalue weighted by atomic mass is 9.85. The second-order valence-corrected chi connectivity index (χ2v) is 25.2. The third-order valence-electron chi connectivity index (χ3n) is 13.6. The van der Waals surface area contributed by atoms with E-state index in [-0.39, 0.29) is 78.4 Å². The number of methoxy groups -OCH3 is 1. The minimum absolute atomic E-state index is 0. The van der Waals surface area contributed by atoms with Crippen molar-refractivity contribution in [3.8, 4) is 0 Å². The monoisotopic (exact) mass is 970 g/mol. The Bertz CT molecular complexity index is 1880. The first-order valence-electron chi connectivity index (χ1n) is 24.8. The highest BCUT2D eigenvalue weighted by Crippen LogP contribution is 2.47. The molecule has 1 N–H and O–H groups in total. The molecule has 0 bridgehead atoms. The number of aliphatic hydroxyl groups is 1. The zero-order valence-corrected chi connectivity index (χ0v) is 43.9. The lowest BCUT2D eigenvalue weighted by molar-refractivity contribution is -0.184. The molecule has 4 fully saturated rings. The average molecular weight is 970 g/mol. The van der Waals surface area contributed by atoms with E-state index in [4.69, 9.17) is 41.3 Å². The molecule has 10 atom stereocenters. The number of benzene rings is 2. The summed E-state index contributed by atoms with van der Waals surface area (Å²) in [5, 5.41) is 12.2. The van der Waals surface area contributed by atoms with Crippen molar-refractivity contribution in [1.29, 1.82) is 0 Å². The molecular weight excluding hydrogens is 884 g/mol. The number of esters is 2. The van der Waals surface area contributed by atoms with E-state index in [2.05, 4.69) is 95.9 Å². The van der Waals surface area contributed by atoms with Crippen molar-refractivity contribution in [3.05, 3.63) is 83.5 Å². The molecule has 2 aromatic rings. The minimum atomic E-state index is -2.78. The van der Waals surface area contributed by atoms with Crippen LogP contribution in [0.4, 0.5) is 4.70 Å². The molecule has 0 aliphatic carbocycles. The Kier molecular flexibility index (Phi) is 22.8. The first-order valence-corrected chi connectivity index (χ1v) is 26.7. The second-order valence-electron chi connectivity index (χ2n) is 20.8. The highest BCUT2D eigenvalue weighted by atomic mass is 28.4. The summed E-state index contributed by atoms with van der Waals surface area (Å²) >= 11 is 0. The summed E-state index contributed by atoms with van der Waals surface area (Å²) in [5.41, 5.74) is -1.78. The van der Waals surface area contributed by atoms with Gasteiger partial charge in [-0.25, -0.2) is 13.1 Å². The maximum Gasteiger partial charge on any atom is 0.311 e. The molecule has 0 amide bonds. The summed E-state index contributed by atoms with van der Waals surface area (Å²) in [5.74, 6) is -0.426. The van der Waals surface area contributed by atoms with E-state index in [1.54, 1.807) is 0 Å². The van der Waals surface area contributed by atoms with Crippen molar-refractivity contribution < 1.29 is 53.7 Å². The van der Waals surface area contributed by atoms with Crippen LogP contribution in [0, 0.1) is 18.6 Å². The van der Waals surface area contributed by atoms with Crippen LogP contribution in [0.2, 0.25) is 5.04 Å². The topological polar surface area (TPSA) is 128 Å². The highest BCUT2D eigenvalue weighted by molar-refractivity contribution is 6.99. The molecule has 382 valence electrons. The fourth-order valence-electron chi connectivity index (χ4n) is 10.2.